The van der Waals surface area contributed by atoms with Crippen LogP contribution in [0.15, 0.2) is 0 Å². The van der Waals surface area contributed by atoms with E-state index in [9.17, 15) is 9.59 Å². The summed E-state index contributed by atoms with van der Waals surface area (Å²) in [6, 6.07) is 0. The smallest absolute Gasteiger partial charge is 0.305 e. The van der Waals surface area contributed by atoms with Crippen molar-refractivity contribution < 1.29 is 23.8 Å². The van der Waals surface area contributed by atoms with Crippen LogP contribution in [0.5, 0.6) is 0 Å². The van der Waals surface area contributed by atoms with E-state index in [-0.39, 0.29) is 17.9 Å². The van der Waals surface area contributed by atoms with Gasteiger partial charge in [-0.2, -0.15) is 0 Å². The van der Waals surface area contributed by atoms with E-state index in [2.05, 4.69) is 0 Å². The summed E-state index contributed by atoms with van der Waals surface area (Å²) in [6.07, 6.45) is -1.39. The molecule has 17 heavy (non-hydrogen) atoms. The predicted octanol–water partition coefficient (Wildman–Crippen LogP) is 1.50. The quantitative estimate of drug-likeness (QED) is 0.689. The van der Waals surface area contributed by atoms with Crippen LogP contribution >= 0.6 is 0 Å². The summed E-state index contributed by atoms with van der Waals surface area (Å²) in [7, 11) is 0. The van der Waals surface area contributed by atoms with E-state index < -0.39 is 24.3 Å². The van der Waals surface area contributed by atoms with Crippen LogP contribution in [0, 0.1) is 11.8 Å². The van der Waals surface area contributed by atoms with Gasteiger partial charge in [0.1, 0.15) is 0 Å². The number of carbonyl (C=O) groups excluding carboxylic acids is 2. The van der Waals surface area contributed by atoms with Gasteiger partial charge >= 0.3 is 11.9 Å². The monoisotopic (exact) mass is 244 g/mol. The lowest BCUT2D eigenvalue weighted by molar-refractivity contribution is -0.263. The summed E-state index contributed by atoms with van der Waals surface area (Å²) in [5, 5.41) is 0. The molecule has 0 N–H and O–H groups in total. The van der Waals surface area contributed by atoms with E-state index in [1.54, 1.807) is 0 Å². The van der Waals surface area contributed by atoms with Gasteiger partial charge < -0.3 is 14.2 Å². The fraction of sp³-hybridized carbons (Fsp3) is 0.833. The minimum atomic E-state index is -0.808. The van der Waals surface area contributed by atoms with E-state index in [1.807, 2.05) is 20.8 Å². The Labute approximate surface area is 101 Å². The maximum Gasteiger partial charge on any atom is 0.305 e. The lowest BCUT2D eigenvalue weighted by Crippen LogP contribution is -2.51. The van der Waals surface area contributed by atoms with Gasteiger partial charge in [0.15, 0.2) is 6.10 Å². The standard InChI is InChI=1S/C12H20O5/c1-6-7(2)11(16-9(4)13)12(15-8(6)3)17-10(5)14/h6-8,11-12H,1-5H3. The number of carbonyl (C=O) groups is 2. The number of hydrogen-bond acceptors (Lipinski definition) is 5. The topological polar surface area (TPSA) is 61.8 Å². The maximum atomic E-state index is 11.1. The van der Waals surface area contributed by atoms with Crippen LogP contribution in [0.3, 0.4) is 0 Å². The SMILES string of the molecule is CC(=O)OC1OC(C)C(C)C(C)C1OC(C)=O. The number of rotatable bonds is 2. The number of ether oxygens (including phenoxy) is 3. The van der Waals surface area contributed by atoms with E-state index in [0.29, 0.717) is 0 Å². The zero-order valence-electron chi connectivity index (χ0n) is 10.9. The van der Waals surface area contributed by atoms with Crippen molar-refractivity contribution in [3.63, 3.8) is 0 Å². The van der Waals surface area contributed by atoms with Gasteiger partial charge in [0.2, 0.25) is 6.29 Å². The molecule has 1 saturated heterocycles. The van der Waals surface area contributed by atoms with E-state index in [4.69, 9.17) is 14.2 Å². The first-order valence-electron chi connectivity index (χ1n) is 5.82. The maximum absolute atomic E-state index is 11.1. The van der Waals surface area contributed by atoms with Crippen molar-refractivity contribution in [3.05, 3.63) is 0 Å². The van der Waals surface area contributed by atoms with Crippen LogP contribution < -0.4 is 0 Å². The van der Waals surface area contributed by atoms with Gasteiger partial charge in [0.05, 0.1) is 6.10 Å². The van der Waals surface area contributed by atoms with Crippen molar-refractivity contribution in [3.8, 4) is 0 Å². The summed E-state index contributed by atoms with van der Waals surface area (Å²) >= 11 is 0. The van der Waals surface area contributed by atoms with Gasteiger partial charge in [0.25, 0.3) is 0 Å². The van der Waals surface area contributed by atoms with Crippen LogP contribution in [0.1, 0.15) is 34.6 Å². The first-order valence-corrected chi connectivity index (χ1v) is 5.82. The predicted molar refractivity (Wildman–Crippen MR) is 60.0 cm³/mol. The van der Waals surface area contributed by atoms with Crippen LogP contribution in [0.4, 0.5) is 0 Å². The van der Waals surface area contributed by atoms with Gasteiger partial charge in [-0.3, -0.25) is 9.59 Å². The van der Waals surface area contributed by atoms with Crippen LogP contribution in [-0.4, -0.2) is 30.4 Å². The highest BCUT2D eigenvalue weighted by molar-refractivity contribution is 5.67. The largest absolute Gasteiger partial charge is 0.456 e. The third-order valence-electron chi connectivity index (χ3n) is 3.29. The molecule has 0 spiro atoms. The van der Waals surface area contributed by atoms with Crippen molar-refractivity contribution in [1.82, 2.24) is 0 Å². The second-order valence-electron chi connectivity index (χ2n) is 4.61. The molecule has 5 unspecified atom stereocenters. The van der Waals surface area contributed by atoms with Gasteiger partial charge in [0, 0.05) is 19.8 Å². The molecule has 5 atom stereocenters. The third-order valence-corrected chi connectivity index (χ3v) is 3.29. The molecular weight excluding hydrogens is 224 g/mol. The molecule has 0 aromatic rings. The summed E-state index contributed by atoms with van der Waals surface area (Å²) in [5.41, 5.74) is 0. The van der Waals surface area contributed by atoms with Gasteiger partial charge in [-0.15, -0.1) is 0 Å². The van der Waals surface area contributed by atoms with Crippen molar-refractivity contribution in [2.45, 2.75) is 53.1 Å². The average Bonchev–Trinajstić information content (AvgIpc) is 2.20. The molecule has 1 aliphatic rings. The molecule has 1 heterocycles. The molecule has 0 aromatic heterocycles. The molecule has 5 heteroatoms. The second-order valence-corrected chi connectivity index (χ2v) is 4.61. The van der Waals surface area contributed by atoms with Crippen molar-refractivity contribution in [2.24, 2.45) is 11.8 Å². The van der Waals surface area contributed by atoms with Crippen LogP contribution in [0.2, 0.25) is 0 Å². The summed E-state index contributed by atoms with van der Waals surface area (Å²) in [5.74, 6) is -0.538. The Bertz CT molecular complexity index is 301. The Morgan fingerprint density at radius 1 is 0.941 bits per heavy atom. The highest BCUT2D eigenvalue weighted by Gasteiger charge is 2.43. The average molecular weight is 244 g/mol. The van der Waals surface area contributed by atoms with Gasteiger partial charge in [-0.1, -0.05) is 13.8 Å². The minimum Gasteiger partial charge on any atom is -0.456 e. The Morgan fingerprint density at radius 3 is 1.94 bits per heavy atom. The summed E-state index contributed by atoms with van der Waals surface area (Å²) in [6.45, 7) is 8.55. The Balaban J connectivity index is 2.82. The zero-order valence-corrected chi connectivity index (χ0v) is 10.9. The van der Waals surface area contributed by atoms with E-state index in [1.165, 1.54) is 13.8 Å². The van der Waals surface area contributed by atoms with E-state index in [0.717, 1.165) is 0 Å². The molecule has 0 bridgehead atoms. The van der Waals surface area contributed by atoms with Crippen molar-refractivity contribution in [1.29, 1.82) is 0 Å². The third kappa shape index (κ3) is 3.43. The molecule has 0 radical (unpaired) electrons. The Kier molecular flexibility index (Phi) is 4.51. The molecule has 1 rings (SSSR count). The molecule has 0 aliphatic carbocycles. The first kappa shape index (κ1) is 14.0. The van der Waals surface area contributed by atoms with Crippen molar-refractivity contribution in [2.75, 3.05) is 0 Å². The Hall–Kier alpha value is -1.10. The van der Waals surface area contributed by atoms with Crippen LogP contribution in [-0.2, 0) is 23.8 Å². The molecule has 5 nitrogen and oxygen atoms in total. The highest BCUT2D eigenvalue weighted by Crippen LogP contribution is 2.33. The molecule has 1 aliphatic heterocycles. The molecule has 1 fully saturated rings. The number of hydrogen-bond donors (Lipinski definition) is 0. The van der Waals surface area contributed by atoms with Crippen LogP contribution in [0.25, 0.3) is 0 Å². The fourth-order valence-corrected chi connectivity index (χ4v) is 2.00. The van der Waals surface area contributed by atoms with Crippen molar-refractivity contribution >= 4 is 11.9 Å². The molecule has 0 amide bonds. The van der Waals surface area contributed by atoms with Gasteiger partial charge in [-0.25, -0.2) is 0 Å². The second kappa shape index (κ2) is 5.49. The normalized spacial score (nSPS) is 37.4. The van der Waals surface area contributed by atoms with E-state index >= 15 is 0 Å². The summed E-state index contributed by atoms with van der Waals surface area (Å²) in [4.78, 5) is 22.1. The fourth-order valence-electron chi connectivity index (χ4n) is 2.00. The summed E-state index contributed by atoms with van der Waals surface area (Å²) < 4.78 is 15.8. The minimum absolute atomic E-state index is 0.0406. The molecule has 0 aromatic carbocycles. The lowest BCUT2D eigenvalue weighted by Gasteiger charge is -2.42. The first-order chi connectivity index (χ1) is 7.82. The Morgan fingerprint density at radius 2 is 1.47 bits per heavy atom. The lowest BCUT2D eigenvalue weighted by atomic mass is 9.84. The van der Waals surface area contributed by atoms with Gasteiger partial charge in [-0.05, 0) is 12.8 Å². The highest BCUT2D eigenvalue weighted by atomic mass is 16.7. The molecular formula is C12H20O5. The molecule has 98 valence electrons. The number of esters is 2. The molecule has 0 saturated carbocycles. The zero-order chi connectivity index (χ0) is 13.2.